The van der Waals surface area contributed by atoms with Gasteiger partial charge in [0.05, 0.1) is 18.8 Å². The Kier molecular flexibility index (Phi) is 44.4. The Balaban J connectivity index is 3.49. The van der Waals surface area contributed by atoms with Crippen molar-refractivity contribution in [3.8, 4) is 0 Å². The van der Waals surface area contributed by atoms with Crippen molar-refractivity contribution in [3.05, 3.63) is 97.2 Å². The molecule has 0 aliphatic heterocycles. The summed E-state index contributed by atoms with van der Waals surface area (Å²) in [5, 5.41) is 22.8. The average molecular weight is 776 g/mol. The van der Waals surface area contributed by atoms with E-state index >= 15 is 0 Å². The maximum absolute atomic E-state index is 12.3. The van der Waals surface area contributed by atoms with Crippen molar-refractivity contribution in [2.45, 2.75) is 219 Å². The summed E-state index contributed by atoms with van der Waals surface area (Å²) < 4.78 is 0. The molecule has 0 aliphatic rings. The molecule has 4 heteroatoms. The Morgan fingerprint density at radius 3 is 1.18 bits per heavy atom. The first-order valence-electron chi connectivity index (χ1n) is 23.5. The molecule has 0 spiro atoms. The molecule has 0 rings (SSSR count). The second kappa shape index (κ2) is 46.7. The number of carbonyl (C=O) groups excluding carboxylic acids is 1. The highest BCUT2D eigenvalue weighted by molar-refractivity contribution is 5.76. The molecule has 0 heterocycles. The van der Waals surface area contributed by atoms with Crippen LogP contribution >= 0.6 is 0 Å². The van der Waals surface area contributed by atoms with Crippen molar-refractivity contribution in [2.24, 2.45) is 0 Å². The first-order valence-corrected chi connectivity index (χ1v) is 23.5. The molecule has 0 saturated heterocycles. The molecule has 0 aliphatic carbocycles. The van der Waals surface area contributed by atoms with Gasteiger partial charge in [0.15, 0.2) is 0 Å². The Morgan fingerprint density at radius 1 is 0.446 bits per heavy atom. The van der Waals surface area contributed by atoms with Crippen LogP contribution in [0.25, 0.3) is 0 Å². The molecule has 3 N–H and O–H groups in total. The van der Waals surface area contributed by atoms with Gasteiger partial charge in [-0.05, 0) is 77.0 Å². The standard InChI is InChI=1S/C52H89NO3/c1-3-5-7-9-11-12-13-14-15-16-17-18-19-20-21-22-23-24-25-26-27-28-29-30-31-32-33-34-35-36-37-38-39-40-42-44-46-48-52(56)53-50(49-54)51(55)47-45-43-41-10-8-6-4-2/h5,7,11-12,14-15,17-18,20-21,23-24,26-27,45,47,50-51,54-55H,3-4,6,8-10,13,16,19,22,25,28-44,46,48-49H2,1-2H3,(H,53,56)/b7-5-,12-11-,15-14-,18-17-,21-20-,24-23-,27-26-,47-45+. The smallest absolute Gasteiger partial charge is 0.220 e. The summed E-state index contributed by atoms with van der Waals surface area (Å²) in [4.78, 5) is 12.3. The van der Waals surface area contributed by atoms with E-state index in [0.29, 0.717) is 6.42 Å². The molecule has 0 fully saturated rings. The molecule has 2 unspecified atom stereocenters. The van der Waals surface area contributed by atoms with Crippen LogP contribution in [0.5, 0.6) is 0 Å². The molecule has 0 aromatic rings. The number of amides is 1. The van der Waals surface area contributed by atoms with E-state index in [9.17, 15) is 15.0 Å². The van der Waals surface area contributed by atoms with Crippen molar-refractivity contribution in [2.75, 3.05) is 6.61 Å². The Morgan fingerprint density at radius 2 is 0.786 bits per heavy atom. The van der Waals surface area contributed by atoms with E-state index in [1.165, 1.54) is 116 Å². The van der Waals surface area contributed by atoms with Crippen LogP contribution in [-0.4, -0.2) is 34.9 Å². The van der Waals surface area contributed by atoms with E-state index in [4.69, 9.17) is 0 Å². The molecule has 0 saturated carbocycles. The van der Waals surface area contributed by atoms with Crippen molar-refractivity contribution >= 4 is 5.91 Å². The molecule has 320 valence electrons. The number of nitrogens with one attached hydrogen (secondary N) is 1. The summed E-state index contributed by atoms with van der Waals surface area (Å²) in [6.45, 7) is 4.13. The molecule has 0 aromatic heterocycles. The lowest BCUT2D eigenvalue weighted by Gasteiger charge is -2.20. The summed E-state index contributed by atoms with van der Waals surface area (Å²) >= 11 is 0. The van der Waals surface area contributed by atoms with E-state index in [2.05, 4.69) is 104 Å². The predicted molar refractivity (Wildman–Crippen MR) is 248 cm³/mol. The summed E-state index contributed by atoms with van der Waals surface area (Å²) in [6.07, 6.45) is 69.8. The number of rotatable bonds is 41. The van der Waals surface area contributed by atoms with Crippen LogP contribution in [0.15, 0.2) is 97.2 Å². The molecule has 2 atom stereocenters. The lowest BCUT2D eigenvalue weighted by Crippen LogP contribution is -2.45. The van der Waals surface area contributed by atoms with Crippen LogP contribution in [0, 0.1) is 0 Å². The average Bonchev–Trinajstić information content (AvgIpc) is 3.20. The third-order valence-corrected chi connectivity index (χ3v) is 10.1. The van der Waals surface area contributed by atoms with E-state index < -0.39 is 12.1 Å². The maximum Gasteiger partial charge on any atom is 0.220 e. The van der Waals surface area contributed by atoms with Gasteiger partial charge >= 0.3 is 0 Å². The minimum Gasteiger partial charge on any atom is -0.394 e. The van der Waals surface area contributed by atoms with Gasteiger partial charge in [-0.25, -0.2) is 0 Å². The highest BCUT2D eigenvalue weighted by Gasteiger charge is 2.17. The number of carbonyl (C=O) groups is 1. The number of aliphatic hydroxyl groups is 2. The Hall–Kier alpha value is -2.69. The molecule has 0 radical (unpaired) electrons. The van der Waals surface area contributed by atoms with Gasteiger partial charge < -0.3 is 15.5 Å². The fourth-order valence-electron chi connectivity index (χ4n) is 6.51. The molecule has 4 nitrogen and oxygen atoms in total. The lowest BCUT2D eigenvalue weighted by molar-refractivity contribution is -0.123. The van der Waals surface area contributed by atoms with Gasteiger partial charge in [-0.3, -0.25) is 4.79 Å². The Bertz CT molecular complexity index is 1060. The van der Waals surface area contributed by atoms with Crippen molar-refractivity contribution in [1.82, 2.24) is 5.32 Å². The van der Waals surface area contributed by atoms with Gasteiger partial charge in [0.25, 0.3) is 0 Å². The molecule has 56 heavy (non-hydrogen) atoms. The highest BCUT2D eigenvalue weighted by atomic mass is 16.3. The summed E-state index contributed by atoms with van der Waals surface area (Å²) in [7, 11) is 0. The van der Waals surface area contributed by atoms with E-state index in [0.717, 1.165) is 70.6 Å². The molecule has 1 amide bonds. The third kappa shape index (κ3) is 42.5. The van der Waals surface area contributed by atoms with Crippen LogP contribution < -0.4 is 5.32 Å². The van der Waals surface area contributed by atoms with Gasteiger partial charge in [0.1, 0.15) is 0 Å². The van der Waals surface area contributed by atoms with E-state index in [1.807, 2.05) is 6.08 Å². The van der Waals surface area contributed by atoms with Crippen LogP contribution in [0.4, 0.5) is 0 Å². The fourth-order valence-corrected chi connectivity index (χ4v) is 6.51. The maximum atomic E-state index is 12.3. The zero-order valence-corrected chi connectivity index (χ0v) is 36.6. The summed E-state index contributed by atoms with van der Waals surface area (Å²) in [6, 6.07) is -0.623. The topological polar surface area (TPSA) is 69.6 Å². The second-order valence-electron chi connectivity index (χ2n) is 15.4. The number of allylic oxidation sites excluding steroid dienone is 15. The first kappa shape index (κ1) is 53.3. The van der Waals surface area contributed by atoms with Crippen molar-refractivity contribution < 1.29 is 15.0 Å². The minimum absolute atomic E-state index is 0.0726. The number of unbranched alkanes of at least 4 members (excludes halogenated alkanes) is 20. The van der Waals surface area contributed by atoms with Crippen LogP contribution in [0.3, 0.4) is 0 Å². The first-order chi connectivity index (χ1) is 27.7. The molecular formula is C52H89NO3. The molecule has 0 bridgehead atoms. The zero-order chi connectivity index (χ0) is 40.7. The monoisotopic (exact) mass is 776 g/mol. The SMILES string of the molecule is CC/C=C\C/C=C\C/C=C\C/C=C\C/C=C\C/C=C\C/C=C\CCCCCCCCCCCCCCCCCC(=O)NC(CO)C(O)/C=C/CCCCCCC. The van der Waals surface area contributed by atoms with Gasteiger partial charge in [0, 0.05) is 6.42 Å². The molecular weight excluding hydrogens is 687 g/mol. The Labute approximate surface area is 347 Å². The van der Waals surface area contributed by atoms with E-state index in [-0.39, 0.29) is 12.5 Å². The van der Waals surface area contributed by atoms with E-state index in [1.54, 1.807) is 6.08 Å². The quantitative estimate of drug-likeness (QED) is 0.0428. The second-order valence-corrected chi connectivity index (χ2v) is 15.4. The number of hydrogen-bond donors (Lipinski definition) is 3. The molecule has 0 aromatic carbocycles. The van der Waals surface area contributed by atoms with Crippen LogP contribution in [0.1, 0.15) is 206 Å². The van der Waals surface area contributed by atoms with Crippen molar-refractivity contribution in [3.63, 3.8) is 0 Å². The zero-order valence-electron chi connectivity index (χ0n) is 36.6. The predicted octanol–water partition coefficient (Wildman–Crippen LogP) is 15.0. The lowest BCUT2D eigenvalue weighted by atomic mass is 10.0. The third-order valence-electron chi connectivity index (χ3n) is 10.1. The van der Waals surface area contributed by atoms with Crippen LogP contribution in [-0.2, 0) is 4.79 Å². The van der Waals surface area contributed by atoms with Gasteiger partial charge in [-0.15, -0.1) is 0 Å². The largest absolute Gasteiger partial charge is 0.394 e. The van der Waals surface area contributed by atoms with Gasteiger partial charge in [-0.1, -0.05) is 220 Å². The fraction of sp³-hybridized carbons (Fsp3) is 0.673. The minimum atomic E-state index is -0.839. The summed E-state index contributed by atoms with van der Waals surface area (Å²) in [5.74, 6) is -0.0726. The van der Waals surface area contributed by atoms with Crippen LogP contribution in [0.2, 0.25) is 0 Å². The normalized spacial score (nSPS) is 13.9. The summed E-state index contributed by atoms with van der Waals surface area (Å²) in [5.41, 5.74) is 0. The highest BCUT2D eigenvalue weighted by Crippen LogP contribution is 2.15. The number of aliphatic hydroxyl groups excluding tert-OH is 2. The van der Waals surface area contributed by atoms with Gasteiger partial charge in [0.2, 0.25) is 5.91 Å². The van der Waals surface area contributed by atoms with Crippen molar-refractivity contribution in [1.29, 1.82) is 0 Å². The number of hydrogen-bond acceptors (Lipinski definition) is 3. The van der Waals surface area contributed by atoms with Gasteiger partial charge in [-0.2, -0.15) is 0 Å².